The minimum Gasteiger partial charge on any atom is -0.497 e. The Morgan fingerprint density at radius 2 is 1.59 bits per heavy atom. The van der Waals surface area contributed by atoms with Crippen molar-refractivity contribution in [1.29, 1.82) is 5.41 Å². The third kappa shape index (κ3) is 7.70. The van der Waals surface area contributed by atoms with Gasteiger partial charge in [-0.15, -0.1) is 0 Å². The van der Waals surface area contributed by atoms with Crippen LogP contribution in [0.25, 0.3) is 17.2 Å². The normalized spacial score (nSPS) is 12.3. The number of carbonyl (C=O) groups is 2. The molecule has 0 saturated heterocycles. The summed E-state index contributed by atoms with van der Waals surface area (Å²) in [5, 5.41) is 10.8. The first kappa shape index (κ1) is 28.8. The maximum absolute atomic E-state index is 13.5. The number of hydrogen-bond acceptors (Lipinski definition) is 5. The first-order valence-corrected chi connectivity index (χ1v) is 13.2. The summed E-state index contributed by atoms with van der Waals surface area (Å²) in [6, 6.07) is 31.1. The van der Waals surface area contributed by atoms with E-state index in [4.69, 9.17) is 20.6 Å². The van der Waals surface area contributed by atoms with E-state index < -0.39 is 17.9 Å². The molecule has 4 rings (SSSR count). The van der Waals surface area contributed by atoms with Crippen LogP contribution in [0.5, 0.6) is 5.75 Å². The third-order valence-electron chi connectivity index (χ3n) is 6.77. The van der Waals surface area contributed by atoms with E-state index in [1.165, 1.54) is 7.11 Å². The Balaban J connectivity index is 1.62. The highest BCUT2D eigenvalue weighted by Gasteiger charge is 2.30. The van der Waals surface area contributed by atoms with Gasteiger partial charge in [-0.25, -0.2) is 0 Å². The zero-order chi connectivity index (χ0) is 29.2. The highest BCUT2D eigenvalue weighted by atomic mass is 16.5. The van der Waals surface area contributed by atoms with Crippen molar-refractivity contribution in [2.75, 3.05) is 14.2 Å². The number of amidine groups is 1. The highest BCUT2D eigenvalue weighted by Crippen LogP contribution is 2.24. The van der Waals surface area contributed by atoms with Gasteiger partial charge in [0.25, 0.3) is 5.91 Å². The van der Waals surface area contributed by atoms with Crippen molar-refractivity contribution in [2.45, 2.75) is 12.5 Å². The molecule has 2 atom stereocenters. The molecule has 2 unspecified atom stereocenters. The summed E-state index contributed by atoms with van der Waals surface area (Å²) in [7, 11) is 2.95. The summed E-state index contributed by atoms with van der Waals surface area (Å²) >= 11 is 0. The average Bonchev–Trinajstić information content (AvgIpc) is 3.02. The number of methoxy groups -OCH3 is 2. The molecule has 0 spiro atoms. The number of rotatable bonds is 11. The molecule has 0 aliphatic heterocycles. The Morgan fingerprint density at radius 3 is 2.27 bits per heavy atom. The molecule has 4 aromatic carbocycles. The fourth-order valence-corrected chi connectivity index (χ4v) is 4.54. The lowest BCUT2D eigenvalue weighted by Crippen LogP contribution is -2.43. The van der Waals surface area contributed by atoms with Crippen LogP contribution in [-0.4, -0.2) is 38.0 Å². The molecule has 41 heavy (non-hydrogen) atoms. The minimum absolute atomic E-state index is 0.0623. The van der Waals surface area contributed by atoms with E-state index in [0.717, 1.165) is 28.0 Å². The van der Waals surface area contributed by atoms with E-state index in [1.54, 1.807) is 37.4 Å². The molecule has 7 heteroatoms. The van der Waals surface area contributed by atoms with Gasteiger partial charge in [-0.1, -0.05) is 84.9 Å². The molecule has 0 aliphatic carbocycles. The lowest BCUT2D eigenvalue weighted by Gasteiger charge is -2.24. The van der Waals surface area contributed by atoms with Crippen LogP contribution >= 0.6 is 0 Å². The number of nitrogen functional groups attached to an aromatic ring is 1. The Hall–Kier alpha value is -5.17. The zero-order valence-corrected chi connectivity index (χ0v) is 23.0. The maximum Gasteiger partial charge on any atom is 0.311 e. The van der Waals surface area contributed by atoms with E-state index in [1.807, 2.05) is 84.9 Å². The molecule has 0 radical (unpaired) electrons. The van der Waals surface area contributed by atoms with Gasteiger partial charge in [0, 0.05) is 11.1 Å². The third-order valence-corrected chi connectivity index (χ3v) is 6.77. The number of benzene rings is 4. The van der Waals surface area contributed by atoms with Crippen molar-refractivity contribution in [3.8, 4) is 16.9 Å². The second-order valence-electron chi connectivity index (χ2n) is 9.53. The van der Waals surface area contributed by atoms with Crippen molar-refractivity contribution >= 4 is 23.8 Å². The van der Waals surface area contributed by atoms with Crippen LogP contribution in [0.15, 0.2) is 109 Å². The molecule has 4 N–H and O–H groups in total. The summed E-state index contributed by atoms with van der Waals surface area (Å²) in [5.74, 6) is -0.833. The molecule has 7 nitrogen and oxygen atoms in total. The zero-order valence-electron chi connectivity index (χ0n) is 23.0. The molecule has 0 aromatic heterocycles. The van der Waals surface area contributed by atoms with E-state index in [2.05, 4.69) is 5.32 Å². The molecule has 0 aliphatic rings. The van der Waals surface area contributed by atoms with Crippen LogP contribution in [-0.2, 0) is 16.0 Å². The number of ether oxygens (including phenoxy) is 2. The van der Waals surface area contributed by atoms with Crippen LogP contribution in [0.1, 0.15) is 27.0 Å². The summed E-state index contributed by atoms with van der Waals surface area (Å²) in [4.78, 5) is 26.5. The highest BCUT2D eigenvalue weighted by molar-refractivity contribution is 5.96. The number of nitrogens with one attached hydrogen (secondary N) is 2. The van der Waals surface area contributed by atoms with Crippen LogP contribution < -0.4 is 15.8 Å². The largest absolute Gasteiger partial charge is 0.497 e. The number of hydrogen-bond donors (Lipinski definition) is 3. The Kier molecular flexibility index (Phi) is 9.67. The van der Waals surface area contributed by atoms with Gasteiger partial charge in [-0.3, -0.25) is 15.0 Å². The number of amides is 1. The van der Waals surface area contributed by atoms with Gasteiger partial charge < -0.3 is 20.5 Å². The van der Waals surface area contributed by atoms with E-state index in [-0.39, 0.29) is 18.2 Å². The van der Waals surface area contributed by atoms with Crippen molar-refractivity contribution in [3.63, 3.8) is 0 Å². The van der Waals surface area contributed by atoms with Crippen LogP contribution in [0, 0.1) is 11.3 Å². The lowest BCUT2D eigenvalue weighted by atomic mass is 9.90. The molecule has 4 aromatic rings. The van der Waals surface area contributed by atoms with E-state index >= 15 is 0 Å². The molecule has 0 bridgehead atoms. The Labute approximate surface area is 240 Å². The van der Waals surface area contributed by atoms with Crippen LogP contribution in [0.2, 0.25) is 0 Å². The van der Waals surface area contributed by atoms with Gasteiger partial charge >= 0.3 is 5.97 Å². The predicted octanol–water partition coefficient (Wildman–Crippen LogP) is 5.49. The van der Waals surface area contributed by atoms with E-state index in [9.17, 15) is 9.59 Å². The fourth-order valence-electron chi connectivity index (χ4n) is 4.54. The van der Waals surface area contributed by atoms with Crippen molar-refractivity contribution in [2.24, 2.45) is 11.7 Å². The van der Waals surface area contributed by atoms with Gasteiger partial charge in [-0.05, 0) is 59.0 Å². The predicted molar refractivity (Wildman–Crippen MR) is 162 cm³/mol. The molecule has 0 saturated carbocycles. The van der Waals surface area contributed by atoms with Crippen LogP contribution in [0.4, 0.5) is 0 Å². The lowest BCUT2D eigenvalue weighted by molar-refractivity contribution is -0.145. The van der Waals surface area contributed by atoms with Crippen LogP contribution in [0.3, 0.4) is 0 Å². The molecular formula is C34H33N3O4. The number of nitrogens with two attached hydrogens (primary N) is 1. The number of carbonyl (C=O) groups excluding carboxylic acids is 2. The molecule has 0 heterocycles. The first-order chi connectivity index (χ1) is 19.9. The topological polar surface area (TPSA) is 115 Å². The second-order valence-corrected chi connectivity index (χ2v) is 9.53. The molecule has 208 valence electrons. The number of esters is 1. The van der Waals surface area contributed by atoms with Gasteiger partial charge in [0.15, 0.2) is 0 Å². The monoisotopic (exact) mass is 547 g/mol. The van der Waals surface area contributed by atoms with E-state index in [0.29, 0.717) is 11.1 Å². The Bertz CT molecular complexity index is 1530. The smallest absolute Gasteiger partial charge is 0.311 e. The van der Waals surface area contributed by atoms with Crippen molar-refractivity contribution in [3.05, 3.63) is 131 Å². The molecule has 1 amide bonds. The average molecular weight is 548 g/mol. The maximum atomic E-state index is 13.5. The Morgan fingerprint density at radius 1 is 0.854 bits per heavy atom. The fraction of sp³-hybridized carbons (Fsp3) is 0.147. The quantitative estimate of drug-likeness (QED) is 0.131. The molecule has 0 fully saturated rings. The summed E-state index contributed by atoms with van der Waals surface area (Å²) in [6.45, 7) is 0. The van der Waals surface area contributed by atoms with Gasteiger partial charge in [0.05, 0.1) is 26.2 Å². The summed E-state index contributed by atoms with van der Waals surface area (Å²) < 4.78 is 10.5. The van der Waals surface area contributed by atoms with Crippen molar-refractivity contribution in [1.82, 2.24) is 5.32 Å². The second kappa shape index (κ2) is 13.8. The SMILES string of the molecule is COC(=O)C(Cc1cccc(C(=N)N)c1)C(C=Cc1ccccc1)NC(=O)c1ccc(-c2cccc(OC)c2)cc1. The standard InChI is InChI=1S/C34H33N3O4/c1-40-29-13-7-11-27(22-29)25-15-17-26(18-16-25)33(38)37-31(19-14-23-8-4-3-5-9-23)30(34(39)41-2)21-24-10-6-12-28(20-24)32(35)36/h3-20,22,30-31H,21H2,1-2H3,(H3,35,36)(H,37,38). The summed E-state index contributed by atoms with van der Waals surface area (Å²) in [6.07, 6.45) is 3.96. The van der Waals surface area contributed by atoms with Gasteiger partial charge in [-0.2, -0.15) is 0 Å². The molecular weight excluding hydrogens is 514 g/mol. The first-order valence-electron chi connectivity index (χ1n) is 13.2. The van der Waals surface area contributed by atoms with Crippen molar-refractivity contribution < 1.29 is 19.1 Å². The summed E-state index contributed by atoms with van der Waals surface area (Å²) in [5.41, 5.74) is 10.3. The minimum atomic E-state index is -0.734. The van der Waals surface area contributed by atoms with Gasteiger partial charge in [0.1, 0.15) is 11.6 Å². The van der Waals surface area contributed by atoms with Gasteiger partial charge in [0.2, 0.25) is 0 Å².